The molecule has 1 aromatic carbocycles. The maximum Gasteiger partial charge on any atom is 0.0696 e. The highest BCUT2D eigenvalue weighted by Gasteiger charge is 2.02. The van der Waals surface area contributed by atoms with Crippen molar-refractivity contribution >= 4 is 11.6 Å². The molecule has 1 N–H and O–H groups in total. The van der Waals surface area contributed by atoms with Crippen LogP contribution in [0.2, 0.25) is 5.02 Å². The van der Waals surface area contributed by atoms with Crippen LogP contribution < -0.4 is 0 Å². The molecule has 1 nitrogen and oxygen atoms in total. The molecular weight excluding hydrogens is 160 g/mol. The lowest BCUT2D eigenvalue weighted by molar-refractivity contribution is 0.282. The third kappa shape index (κ3) is 1.73. The minimum Gasteiger partial charge on any atom is -0.392 e. The van der Waals surface area contributed by atoms with Crippen molar-refractivity contribution in [2.24, 2.45) is 0 Å². The number of hydrogen-bond donors (Lipinski definition) is 1. The van der Waals surface area contributed by atoms with Crippen molar-refractivity contribution in [3.05, 3.63) is 33.8 Å². The second-order valence-electron chi connectivity index (χ2n) is 2.71. The van der Waals surface area contributed by atoms with Crippen molar-refractivity contribution in [1.29, 1.82) is 0 Å². The van der Waals surface area contributed by atoms with Crippen LogP contribution in [-0.4, -0.2) is 5.11 Å². The molecule has 0 saturated heterocycles. The first-order chi connectivity index (χ1) is 5.15. The summed E-state index contributed by atoms with van der Waals surface area (Å²) in [4.78, 5) is 0. The van der Waals surface area contributed by atoms with Crippen molar-refractivity contribution in [2.75, 3.05) is 0 Å². The molecule has 0 radical (unpaired) electrons. The van der Waals surface area contributed by atoms with Gasteiger partial charge in [0.15, 0.2) is 0 Å². The van der Waals surface area contributed by atoms with E-state index in [9.17, 15) is 0 Å². The van der Waals surface area contributed by atoms with E-state index in [0.29, 0.717) is 5.02 Å². The Morgan fingerprint density at radius 2 is 2.00 bits per heavy atom. The molecule has 0 atom stereocenters. The number of benzene rings is 1. The average Bonchev–Trinajstić information content (AvgIpc) is 1.96. The van der Waals surface area contributed by atoms with E-state index >= 15 is 0 Å². The highest BCUT2D eigenvalue weighted by Crippen LogP contribution is 2.22. The molecule has 1 aromatic rings. The molecule has 0 unspecified atom stereocenters. The quantitative estimate of drug-likeness (QED) is 0.687. The number of hydrogen-bond acceptors (Lipinski definition) is 1. The molecule has 0 heterocycles. The van der Waals surface area contributed by atoms with Gasteiger partial charge in [-0.25, -0.2) is 0 Å². The predicted molar refractivity (Wildman–Crippen MR) is 46.8 cm³/mol. The molecular formula is C9H11ClO. The number of rotatable bonds is 1. The number of aliphatic hydroxyl groups is 1. The molecule has 0 bridgehead atoms. The van der Waals surface area contributed by atoms with E-state index in [1.165, 1.54) is 0 Å². The summed E-state index contributed by atoms with van der Waals surface area (Å²) in [5, 5.41) is 9.56. The van der Waals surface area contributed by atoms with Gasteiger partial charge in [-0.15, -0.1) is 0 Å². The fourth-order valence-electron chi connectivity index (χ4n) is 1.15. The van der Waals surface area contributed by atoms with Gasteiger partial charge in [0, 0.05) is 5.02 Å². The maximum absolute atomic E-state index is 8.88. The lowest BCUT2D eigenvalue weighted by Gasteiger charge is -2.05. The first-order valence-electron chi connectivity index (χ1n) is 3.51. The summed E-state index contributed by atoms with van der Waals surface area (Å²) < 4.78 is 0. The van der Waals surface area contributed by atoms with Crippen LogP contribution >= 0.6 is 11.6 Å². The first-order valence-corrected chi connectivity index (χ1v) is 3.89. The van der Waals surface area contributed by atoms with Gasteiger partial charge in [-0.05, 0) is 25.0 Å². The Balaban J connectivity index is 3.24. The summed E-state index contributed by atoms with van der Waals surface area (Å²) in [5.41, 5.74) is 2.97. The Hall–Kier alpha value is -0.530. The van der Waals surface area contributed by atoms with Gasteiger partial charge in [-0.2, -0.15) is 0 Å². The van der Waals surface area contributed by atoms with Crippen LogP contribution in [0.1, 0.15) is 16.7 Å². The van der Waals surface area contributed by atoms with Crippen LogP contribution in [0.5, 0.6) is 0 Å². The van der Waals surface area contributed by atoms with Crippen LogP contribution in [-0.2, 0) is 6.61 Å². The van der Waals surface area contributed by atoms with Gasteiger partial charge in [0.05, 0.1) is 6.61 Å². The van der Waals surface area contributed by atoms with Crippen molar-refractivity contribution in [3.63, 3.8) is 0 Å². The van der Waals surface area contributed by atoms with Crippen LogP contribution in [0.15, 0.2) is 12.1 Å². The van der Waals surface area contributed by atoms with Gasteiger partial charge in [0.2, 0.25) is 0 Å². The average molecular weight is 171 g/mol. The molecule has 0 amide bonds. The molecule has 2 heteroatoms. The van der Waals surface area contributed by atoms with Crippen molar-refractivity contribution < 1.29 is 5.11 Å². The van der Waals surface area contributed by atoms with Gasteiger partial charge < -0.3 is 5.11 Å². The number of aryl methyl sites for hydroxylation is 2. The van der Waals surface area contributed by atoms with Gasteiger partial charge in [-0.3, -0.25) is 0 Å². The molecule has 0 aliphatic carbocycles. The van der Waals surface area contributed by atoms with Crippen molar-refractivity contribution in [3.8, 4) is 0 Å². The monoisotopic (exact) mass is 170 g/mol. The zero-order chi connectivity index (χ0) is 8.43. The van der Waals surface area contributed by atoms with Crippen LogP contribution in [0.4, 0.5) is 0 Å². The lowest BCUT2D eigenvalue weighted by Crippen LogP contribution is -1.89. The maximum atomic E-state index is 8.88. The van der Waals surface area contributed by atoms with Crippen LogP contribution in [0.25, 0.3) is 0 Å². The minimum absolute atomic E-state index is 0.0152. The fraction of sp³-hybridized carbons (Fsp3) is 0.333. The Labute approximate surface area is 71.6 Å². The summed E-state index contributed by atoms with van der Waals surface area (Å²) in [5.74, 6) is 0. The summed E-state index contributed by atoms with van der Waals surface area (Å²) >= 11 is 5.91. The van der Waals surface area contributed by atoms with Crippen molar-refractivity contribution in [1.82, 2.24) is 0 Å². The summed E-state index contributed by atoms with van der Waals surface area (Å²) in [6, 6.07) is 3.90. The molecule has 11 heavy (non-hydrogen) atoms. The second kappa shape index (κ2) is 3.24. The zero-order valence-corrected chi connectivity index (χ0v) is 7.44. The third-order valence-electron chi connectivity index (χ3n) is 1.64. The van der Waals surface area contributed by atoms with E-state index in [1.54, 1.807) is 0 Å². The second-order valence-corrected chi connectivity index (χ2v) is 3.09. The van der Waals surface area contributed by atoms with Gasteiger partial charge in [0.1, 0.15) is 0 Å². The summed E-state index contributed by atoms with van der Waals surface area (Å²) in [6.45, 7) is 3.94. The minimum atomic E-state index is 0.0152. The normalized spacial score (nSPS) is 10.2. The van der Waals surface area contributed by atoms with E-state index in [0.717, 1.165) is 16.7 Å². The van der Waals surface area contributed by atoms with Crippen LogP contribution in [0.3, 0.4) is 0 Å². The number of halogens is 1. The van der Waals surface area contributed by atoms with E-state index in [2.05, 4.69) is 0 Å². The van der Waals surface area contributed by atoms with E-state index in [4.69, 9.17) is 16.7 Å². The molecule has 0 aromatic heterocycles. The van der Waals surface area contributed by atoms with Crippen molar-refractivity contribution in [2.45, 2.75) is 20.5 Å². The molecule has 0 aliphatic heterocycles. The highest BCUT2D eigenvalue weighted by atomic mass is 35.5. The summed E-state index contributed by atoms with van der Waals surface area (Å²) in [7, 11) is 0. The van der Waals surface area contributed by atoms with Gasteiger partial charge >= 0.3 is 0 Å². The number of aliphatic hydroxyl groups excluding tert-OH is 1. The SMILES string of the molecule is Cc1cc(C)c(Cl)c(CO)c1. The summed E-state index contributed by atoms with van der Waals surface area (Å²) in [6.07, 6.45) is 0. The predicted octanol–water partition coefficient (Wildman–Crippen LogP) is 2.45. The van der Waals surface area contributed by atoms with E-state index < -0.39 is 0 Å². The lowest BCUT2D eigenvalue weighted by atomic mass is 10.1. The van der Waals surface area contributed by atoms with Crippen LogP contribution in [0, 0.1) is 13.8 Å². The Morgan fingerprint density at radius 1 is 1.36 bits per heavy atom. The Kier molecular flexibility index (Phi) is 2.53. The smallest absolute Gasteiger partial charge is 0.0696 e. The topological polar surface area (TPSA) is 20.2 Å². The molecule has 0 spiro atoms. The standard InChI is InChI=1S/C9H11ClO/c1-6-3-7(2)9(10)8(4-6)5-11/h3-4,11H,5H2,1-2H3. The zero-order valence-electron chi connectivity index (χ0n) is 6.69. The van der Waals surface area contributed by atoms with Gasteiger partial charge in [-0.1, -0.05) is 29.3 Å². The van der Waals surface area contributed by atoms with E-state index in [1.807, 2.05) is 26.0 Å². The Bertz CT molecular complexity index is 269. The molecule has 0 fully saturated rings. The Morgan fingerprint density at radius 3 is 2.55 bits per heavy atom. The molecule has 0 aliphatic rings. The fourth-order valence-corrected chi connectivity index (χ4v) is 1.32. The van der Waals surface area contributed by atoms with E-state index in [-0.39, 0.29) is 6.61 Å². The van der Waals surface area contributed by atoms with Gasteiger partial charge in [0.25, 0.3) is 0 Å². The highest BCUT2D eigenvalue weighted by molar-refractivity contribution is 6.32. The third-order valence-corrected chi connectivity index (χ3v) is 2.19. The molecule has 1 rings (SSSR count). The first kappa shape index (κ1) is 8.57. The molecule has 60 valence electrons. The largest absolute Gasteiger partial charge is 0.392 e. The molecule has 0 saturated carbocycles.